The van der Waals surface area contributed by atoms with Crippen LogP contribution >= 0.6 is 0 Å². The van der Waals surface area contributed by atoms with Crippen LogP contribution in [-0.4, -0.2) is 16.1 Å². The predicted octanol–water partition coefficient (Wildman–Crippen LogP) is 2.17. The van der Waals surface area contributed by atoms with E-state index < -0.39 is 17.5 Å². The highest BCUT2D eigenvalue weighted by atomic mass is 19.1. The highest BCUT2D eigenvalue weighted by Gasteiger charge is 2.12. The minimum atomic E-state index is -0.616. The zero-order chi connectivity index (χ0) is 13.8. The minimum Gasteiger partial charge on any atom is -0.508 e. The number of phenolic OH excluding ortho intramolecular Hbond substituents is 2. The molecule has 0 bridgehead atoms. The number of aromatic hydroxyl groups is 2. The van der Waals surface area contributed by atoms with Crippen molar-refractivity contribution in [2.24, 2.45) is 0 Å². The summed E-state index contributed by atoms with van der Waals surface area (Å²) in [6, 6.07) is 9.74. The molecular weight excluding hydrogens is 249 g/mol. The minimum absolute atomic E-state index is 0.0168. The summed E-state index contributed by atoms with van der Waals surface area (Å²) in [6.07, 6.45) is 0. The normalized spacial score (nSPS) is 10.2. The van der Waals surface area contributed by atoms with E-state index in [-0.39, 0.29) is 17.9 Å². The molecule has 2 aromatic rings. The summed E-state index contributed by atoms with van der Waals surface area (Å²) in [5.41, 5.74) is 0.536. The van der Waals surface area contributed by atoms with Crippen LogP contribution in [0.4, 0.5) is 4.39 Å². The molecule has 0 unspecified atom stereocenters. The summed E-state index contributed by atoms with van der Waals surface area (Å²) in [7, 11) is 0. The van der Waals surface area contributed by atoms with E-state index in [1.54, 1.807) is 18.2 Å². The predicted molar refractivity (Wildman–Crippen MR) is 67.3 cm³/mol. The Bertz CT molecular complexity index is 613. The molecular formula is C14H12FNO3. The molecule has 98 valence electrons. The van der Waals surface area contributed by atoms with Crippen LogP contribution in [0.3, 0.4) is 0 Å². The number of hydrogen-bond donors (Lipinski definition) is 3. The van der Waals surface area contributed by atoms with Gasteiger partial charge in [0.2, 0.25) is 0 Å². The van der Waals surface area contributed by atoms with Crippen LogP contribution in [-0.2, 0) is 6.54 Å². The number of nitrogens with one attached hydrogen (secondary N) is 1. The third-order valence-electron chi connectivity index (χ3n) is 2.64. The van der Waals surface area contributed by atoms with Crippen molar-refractivity contribution in [3.63, 3.8) is 0 Å². The molecule has 19 heavy (non-hydrogen) atoms. The number of hydrogen-bond acceptors (Lipinski definition) is 3. The molecule has 0 aliphatic rings. The number of carbonyl (C=O) groups is 1. The first-order valence-corrected chi connectivity index (χ1v) is 5.61. The van der Waals surface area contributed by atoms with E-state index in [1.165, 1.54) is 12.1 Å². The average molecular weight is 261 g/mol. The summed E-state index contributed by atoms with van der Waals surface area (Å²) in [6.45, 7) is 0.113. The Hall–Kier alpha value is -2.56. The quantitative estimate of drug-likeness (QED) is 0.793. The first-order valence-electron chi connectivity index (χ1n) is 5.61. The Morgan fingerprint density at radius 1 is 1.11 bits per heavy atom. The molecule has 0 fully saturated rings. The van der Waals surface area contributed by atoms with Crippen molar-refractivity contribution in [1.29, 1.82) is 0 Å². The van der Waals surface area contributed by atoms with E-state index >= 15 is 0 Å². The van der Waals surface area contributed by atoms with Gasteiger partial charge in [-0.25, -0.2) is 4.39 Å². The number of amides is 1. The molecule has 1 amide bonds. The standard InChI is InChI=1S/C14H12FNO3/c15-10-5-6-11(13(18)7-10)14(19)16-8-9-3-1-2-4-12(9)17/h1-7,17-18H,8H2,(H,16,19). The zero-order valence-corrected chi connectivity index (χ0v) is 9.93. The highest BCUT2D eigenvalue weighted by molar-refractivity contribution is 5.96. The lowest BCUT2D eigenvalue weighted by Gasteiger charge is -2.08. The number of benzene rings is 2. The summed E-state index contributed by atoms with van der Waals surface area (Å²) in [5.74, 6) is -1.50. The molecule has 0 saturated carbocycles. The van der Waals surface area contributed by atoms with Gasteiger partial charge in [-0.3, -0.25) is 4.79 Å². The third kappa shape index (κ3) is 3.01. The van der Waals surface area contributed by atoms with Crippen molar-refractivity contribution in [1.82, 2.24) is 5.32 Å². The molecule has 0 radical (unpaired) electrons. The monoisotopic (exact) mass is 261 g/mol. The number of carbonyl (C=O) groups excluding carboxylic acids is 1. The second-order valence-corrected chi connectivity index (χ2v) is 3.97. The molecule has 5 heteroatoms. The number of halogens is 1. The highest BCUT2D eigenvalue weighted by Crippen LogP contribution is 2.19. The molecule has 0 saturated heterocycles. The first-order chi connectivity index (χ1) is 9.08. The second kappa shape index (κ2) is 5.39. The van der Waals surface area contributed by atoms with Crippen molar-refractivity contribution in [3.8, 4) is 11.5 Å². The van der Waals surface area contributed by atoms with Gasteiger partial charge in [-0.1, -0.05) is 18.2 Å². The van der Waals surface area contributed by atoms with Crippen molar-refractivity contribution in [2.45, 2.75) is 6.54 Å². The average Bonchev–Trinajstić information content (AvgIpc) is 2.37. The first kappa shape index (κ1) is 12.9. The van der Waals surface area contributed by atoms with Crippen LogP contribution in [0.1, 0.15) is 15.9 Å². The van der Waals surface area contributed by atoms with E-state index in [9.17, 15) is 19.4 Å². The smallest absolute Gasteiger partial charge is 0.255 e. The largest absolute Gasteiger partial charge is 0.508 e. The van der Waals surface area contributed by atoms with E-state index in [2.05, 4.69) is 5.32 Å². The topological polar surface area (TPSA) is 69.6 Å². The maximum atomic E-state index is 12.8. The van der Waals surface area contributed by atoms with Crippen LogP contribution in [0.5, 0.6) is 11.5 Å². The van der Waals surface area contributed by atoms with Crippen molar-refractivity contribution < 1.29 is 19.4 Å². The van der Waals surface area contributed by atoms with Gasteiger partial charge in [0.1, 0.15) is 17.3 Å². The van der Waals surface area contributed by atoms with Gasteiger partial charge in [0, 0.05) is 18.2 Å². The van der Waals surface area contributed by atoms with Gasteiger partial charge in [-0.15, -0.1) is 0 Å². The molecule has 2 aromatic carbocycles. The lowest BCUT2D eigenvalue weighted by atomic mass is 10.1. The van der Waals surface area contributed by atoms with Gasteiger partial charge in [-0.2, -0.15) is 0 Å². The summed E-state index contributed by atoms with van der Waals surface area (Å²) < 4.78 is 12.8. The maximum Gasteiger partial charge on any atom is 0.255 e. The fourth-order valence-electron chi connectivity index (χ4n) is 1.63. The van der Waals surface area contributed by atoms with Gasteiger partial charge in [0.05, 0.1) is 5.56 Å². The molecule has 4 nitrogen and oxygen atoms in total. The number of rotatable bonds is 3. The van der Waals surface area contributed by atoms with Crippen LogP contribution in [0, 0.1) is 5.82 Å². The SMILES string of the molecule is O=C(NCc1ccccc1O)c1ccc(F)cc1O. The molecule has 0 aliphatic heterocycles. The van der Waals surface area contributed by atoms with Crippen LogP contribution in [0.2, 0.25) is 0 Å². The molecule has 0 spiro atoms. The summed E-state index contributed by atoms with van der Waals surface area (Å²) in [4.78, 5) is 11.8. The Morgan fingerprint density at radius 2 is 1.84 bits per heavy atom. The van der Waals surface area contributed by atoms with Crippen LogP contribution < -0.4 is 5.32 Å². The fraction of sp³-hybridized carbons (Fsp3) is 0.0714. The van der Waals surface area contributed by atoms with E-state index in [4.69, 9.17) is 0 Å². The summed E-state index contributed by atoms with van der Waals surface area (Å²) >= 11 is 0. The Labute approximate surface area is 109 Å². The van der Waals surface area contributed by atoms with Crippen molar-refractivity contribution >= 4 is 5.91 Å². The number of para-hydroxylation sites is 1. The van der Waals surface area contributed by atoms with Crippen molar-refractivity contribution in [3.05, 3.63) is 59.4 Å². The van der Waals surface area contributed by atoms with Gasteiger partial charge in [0.25, 0.3) is 5.91 Å². The Morgan fingerprint density at radius 3 is 2.53 bits per heavy atom. The van der Waals surface area contributed by atoms with E-state index in [0.717, 1.165) is 12.1 Å². The van der Waals surface area contributed by atoms with Crippen molar-refractivity contribution in [2.75, 3.05) is 0 Å². The second-order valence-electron chi connectivity index (χ2n) is 3.97. The Kier molecular flexibility index (Phi) is 3.66. The van der Waals surface area contributed by atoms with Gasteiger partial charge in [-0.05, 0) is 18.2 Å². The molecule has 3 N–H and O–H groups in total. The number of phenols is 2. The third-order valence-corrected chi connectivity index (χ3v) is 2.64. The molecule has 0 atom stereocenters. The molecule has 0 aliphatic carbocycles. The van der Waals surface area contributed by atoms with E-state index in [0.29, 0.717) is 5.56 Å². The van der Waals surface area contributed by atoms with Crippen LogP contribution in [0.25, 0.3) is 0 Å². The zero-order valence-electron chi connectivity index (χ0n) is 9.93. The van der Waals surface area contributed by atoms with Crippen LogP contribution in [0.15, 0.2) is 42.5 Å². The fourth-order valence-corrected chi connectivity index (χ4v) is 1.63. The molecule has 0 heterocycles. The lowest BCUT2D eigenvalue weighted by Crippen LogP contribution is -2.22. The van der Waals surface area contributed by atoms with E-state index in [1.807, 2.05) is 0 Å². The van der Waals surface area contributed by atoms with Gasteiger partial charge < -0.3 is 15.5 Å². The lowest BCUT2D eigenvalue weighted by molar-refractivity contribution is 0.0948. The molecule has 2 rings (SSSR count). The molecule has 0 aromatic heterocycles. The summed E-state index contributed by atoms with van der Waals surface area (Å²) in [5, 5.41) is 21.5. The van der Waals surface area contributed by atoms with Gasteiger partial charge in [0.15, 0.2) is 0 Å². The van der Waals surface area contributed by atoms with Gasteiger partial charge >= 0.3 is 0 Å². The maximum absolute atomic E-state index is 12.8. The Balaban J connectivity index is 2.08.